The Morgan fingerprint density at radius 1 is 1.21 bits per heavy atom. The zero-order chi connectivity index (χ0) is 20.8. The van der Waals surface area contributed by atoms with Crippen molar-refractivity contribution in [2.24, 2.45) is 0 Å². The number of carboxylic acids is 1. The van der Waals surface area contributed by atoms with Gasteiger partial charge < -0.3 is 19.7 Å². The van der Waals surface area contributed by atoms with E-state index in [1.165, 1.54) is 0 Å². The largest absolute Gasteiger partial charge is 0.513 e. The molecule has 1 atom stereocenters. The highest BCUT2D eigenvalue weighted by Crippen LogP contribution is 2.38. The van der Waals surface area contributed by atoms with E-state index in [4.69, 9.17) is 14.6 Å². The first-order valence-corrected chi connectivity index (χ1v) is 9.73. The van der Waals surface area contributed by atoms with Crippen LogP contribution in [0, 0.1) is 0 Å². The van der Waals surface area contributed by atoms with Crippen molar-refractivity contribution in [1.29, 1.82) is 0 Å². The van der Waals surface area contributed by atoms with Crippen molar-refractivity contribution in [3.63, 3.8) is 0 Å². The molecule has 1 aliphatic heterocycles. The third kappa shape index (κ3) is 5.41. The Balaban J connectivity index is 1.69. The molecule has 0 radical (unpaired) electrons. The number of rotatable bonds is 8. The van der Waals surface area contributed by atoms with Crippen LogP contribution in [0.1, 0.15) is 49.3 Å². The molecule has 0 amide bonds. The minimum Gasteiger partial charge on any atom is -0.513 e. The molecule has 0 aliphatic carbocycles. The molecule has 0 fully saturated rings. The van der Waals surface area contributed by atoms with E-state index < -0.39 is 5.97 Å². The van der Waals surface area contributed by atoms with Crippen LogP contribution in [0.5, 0.6) is 11.5 Å². The molecule has 152 valence electrons. The Morgan fingerprint density at radius 2 is 2.03 bits per heavy atom. The normalized spacial score (nSPS) is 16.3. The summed E-state index contributed by atoms with van der Waals surface area (Å²) in [6.45, 7) is 4.54. The molecule has 2 N–H and O–H groups in total. The molecule has 2 aromatic carbocycles. The van der Waals surface area contributed by atoms with E-state index >= 15 is 0 Å². The van der Waals surface area contributed by atoms with Gasteiger partial charge >= 0.3 is 5.97 Å². The maximum Gasteiger partial charge on any atom is 0.304 e. The summed E-state index contributed by atoms with van der Waals surface area (Å²) in [4.78, 5) is 11.0. The first-order valence-electron chi connectivity index (χ1n) is 9.73. The highest BCUT2D eigenvalue weighted by molar-refractivity contribution is 5.69. The molecule has 1 heterocycles. The molecule has 2 aromatic rings. The Kier molecular flexibility index (Phi) is 6.60. The molecular weight excluding hydrogens is 368 g/mol. The van der Waals surface area contributed by atoms with Crippen LogP contribution in [-0.4, -0.2) is 22.8 Å². The van der Waals surface area contributed by atoms with Gasteiger partial charge in [0.25, 0.3) is 0 Å². The molecule has 29 heavy (non-hydrogen) atoms. The summed E-state index contributed by atoms with van der Waals surface area (Å²) in [5, 5.41) is 18.4. The van der Waals surface area contributed by atoms with Crippen LogP contribution in [0.4, 0.5) is 0 Å². The minimum absolute atomic E-state index is 0.0677. The number of benzene rings is 2. The molecule has 0 saturated carbocycles. The quantitative estimate of drug-likeness (QED) is 0.458. The van der Waals surface area contributed by atoms with E-state index in [1.54, 1.807) is 13.0 Å². The number of aliphatic hydroxyl groups is 1. The summed E-state index contributed by atoms with van der Waals surface area (Å²) in [5.74, 6) is 0.737. The average Bonchev–Trinajstić information content (AvgIpc) is 3.08. The lowest BCUT2D eigenvalue weighted by atomic mass is 9.98. The lowest BCUT2D eigenvalue weighted by Gasteiger charge is -2.11. The standard InChI is InChI=1S/C24H26O5/c1-3-18(8-7-16(2)25)19-6-4-5-17(11-19)14-28-21-9-10-22-20(12-24(26)27)15-29-23(22)13-21/h4-11,13,20,25H,3,12,14-15H2,1-2H3,(H,26,27)/b16-7+,18-8+/t20-/m1/s1. The fraction of sp³-hybridized carbons (Fsp3) is 0.292. The Hall–Kier alpha value is -3.21. The van der Waals surface area contributed by atoms with Gasteiger partial charge in [0, 0.05) is 17.5 Å². The van der Waals surface area contributed by atoms with Gasteiger partial charge in [-0.05, 0) is 48.3 Å². The topological polar surface area (TPSA) is 76.0 Å². The number of carboxylic acid groups (broad SMARTS) is 1. The zero-order valence-electron chi connectivity index (χ0n) is 16.7. The second kappa shape index (κ2) is 9.32. The van der Waals surface area contributed by atoms with Crippen LogP contribution in [0.15, 0.2) is 60.4 Å². The maximum absolute atomic E-state index is 11.0. The predicted octanol–water partition coefficient (Wildman–Crippen LogP) is 5.47. The van der Waals surface area contributed by atoms with Crippen molar-refractivity contribution in [1.82, 2.24) is 0 Å². The van der Waals surface area contributed by atoms with Crippen LogP contribution < -0.4 is 9.47 Å². The van der Waals surface area contributed by atoms with Gasteiger partial charge in [-0.1, -0.05) is 37.3 Å². The van der Waals surface area contributed by atoms with Crippen molar-refractivity contribution in [3.8, 4) is 11.5 Å². The molecule has 0 saturated heterocycles. The number of ether oxygens (including phenoxy) is 2. The zero-order valence-corrected chi connectivity index (χ0v) is 16.7. The fourth-order valence-corrected chi connectivity index (χ4v) is 3.39. The highest BCUT2D eigenvalue weighted by Gasteiger charge is 2.26. The number of aliphatic hydroxyl groups excluding tert-OH is 1. The molecule has 1 aliphatic rings. The van der Waals surface area contributed by atoms with E-state index in [0.29, 0.717) is 24.7 Å². The molecule has 5 nitrogen and oxygen atoms in total. The van der Waals surface area contributed by atoms with Crippen LogP contribution in [0.2, 0.25) is 0 Å². The van der Waals surface area contributed by atoms with Crippen molar-refractivity contribution < 1.29 is 24.5 Å². The van der Waals surface area contributed by atoms with Gasteiger partial charge in [0.1, 0.15) is 18.1 Å². The number of carbonyl (C=O) groups is 1. The van der Waals surface area contributed by atoms with E-state index in [2.05, 4.69) is 13.0 Å². The first kappa shape index (κ1) is 20.5. The van der Waals surface area contributed by atoms with Crippen LogP contribution in [-0.2, 0) is 11.4 Å². The maximum atomic E-state index is 11.0. The molecule has 0 bridgehead atoms. The number of aliphatic carboxylic acids is 1. The fourth-order valence-electron chi connectivity index (χ4n) is 3.39. The number of hydrogen-bond acceptors (Lipinski definition) is 4. The van der Waals surface area contributed by atoms with Gasteiger partial charge in [0.15, 0.2) is 0 Å². The van der Waals surface area contributed by atoms with Gasteiger partial charge in [0.05, 0.1) is 18.8 Å². The third-order valence-corrected chi connectivity index (χ3v) is 4.90. The average molecular weight is 394 g/mol. The molecule has 0 unspecified atom stereocenters. The van der Waals surface area contributed by atoms with E-state index in [-0.39, 0.29) is 18.1 Å². The van der Waals surface area contributed by atoms with Gasteiger partial charge in [-0.3, -0.25) is 4.79 Å². The molecular formula is C24H26O5. The van der Waals surface area contributed by atoms with Gasteiger partial charge in [0.2, 0.25) is 0 Å². The third-order valence-electron chi connectivity index (χ3n) is 4.90. The lowest BCUT2D eigenvalue weighted by molar-refractivity contribution is -0.137. The summed E-state index contributed by atoms with van der Waals surface area (Å²) in [7, 11) is 0. The van der Waals surface area contributed by atoms with Gasteiger partial charge in [-0.15, -0.1) is 0 Å². The summed E-state index contributed by atoms with van der Waals surface area (Å²) in [6.07, 6.45) is 4.55. The molecule has 0 spiro atoms. The van der Waals surface area contributed by atoms with E-state index in [9.17, 15) is 9.90 Å². The molecule has 3 rings (SSSR count). The van der Waals surface area contributed by atoms with Crippen molar-refractivity contribution >= 4 is 11.5 Å². The smallest absolute Gasteiger partial charge is 0.304 e. The minimum atomic E-state index is -0.822. The van der Waals surface area contributed by atoms with Gasteiger partial charge in [-0.25, -0.2) is 0 Å². The molecule has 0 aromatic heterocycles. The Labute approximate surface area is 170 Å². The van der Waals surface area contributed by atoms with Crippen molar-refractivity contribution in [2.75, 3.05) is 6.61 Å². The highest BCUT2D eigenvalue weighted by atomic mass is 16.5. The Morgan fingerprint density at radius 3 is 2.76 bits per heavy atom. The van der Waals surface area contributed by atoms with E-state index in [1.807, 2.05) is 42.5 Å². The SMILES string of the molecule is CC/C(=C\C=C(/C)O)c1cccc(COc2ccc3c(c2)OC[C@H]3CC(=O)O)c1. The molecule has 5 heteroatoms. The summed E-state index contributed by atoms with van der Waals surface area (Å²) >= 11 is 0. The predicted molar refractivity (Wildman–Crippen MR) is 112 cm³/mol. The van der Waals surface area contributed by atoms with E-state index in [0.717, 1.165) is 28.7 Å². The van der Waals surface area contributed by atoms with Gasteiger partial charge in [-0.2, -0.15) is 0 Å². The van der Waals surface area contributed by atoms with Crippen molar-refractivity contribution in [3.05, 3.63) is 77.1 Å². The summed E-state index contributed by atoms with van der Waals surface area (Å²) in [5.41, 5.74) is 4.19. The first-order chi connectivity index (χ1) is 14.0. The second-order valence-corrected chi connectivity index (χ2v) is 7.15. The number of fused-ring (bicyclic) bond motifs is 1. The summed E-state index contributed by atoms with van der Waals surface area (Å²) < 4.78 is 11.6. The summed E-state index contributed by atoms with van der Waals surface area (Å²) in [6, 6.07) is 13.7. The second-order valence-electron chi connectivity index (χ2n) is 7.15. The van der Waals surface area contributed by atoms with Crippen LogP contribution in [0.25, 0.3) is 5.57 Å². The number of hydrogen-bond donors (Lipinski definition) is 2. The van der Waals surface area contributed by atoms with Crippen molar-refractivity contribution in [2.45, 2.75) is 39.2 Å². The lowest BCUT2D eigenvalue weighted by Crippen LogP contribution is -2.07. The Bertz CT molecular complexity index is 938. The monoisotopic (exact) mass is 394 g/mol. The van der Waals surface area contributed by atoms with Crippen LogP contribution >= 0.6 is 0 Å². The van der Waals surface area contributed by atoms with Crippen LogP contribution in [0.3, 0.4) is 0 Å². The number of allylic oxidation sites excluding steroid dienone is 4.